The molecule has 0 aromatic heterocycles. The molecule has 0 saturated carbocycles. The molecule has 0 N–H and O–H groups in total. The number of hydrogen-bond acceptors (Lipinski definition) is 1. The quantitative estimate of drug-likeness (QED) is 0.768. The van der Waals surface area contributed by atoms with E-state index in [-0.39, 0.29) is 0 Å². The summed E-state index contributed by atoms with van der Waals surface area (Å²) in [5.74, 6) is 0.746. The normalized spacial score (nSPS) is 11.5. The van der Waals surface area contributed by atoms with Gasteiger partial charge in [0.2, 0.25) is 0 Å². The third-order valence-corrected chi connectivity index (χ3v) is 2.81. The van der Waals surface area contributed by atoms with Crippen molar-refractivity contribution in [3.05, 3.63) is 27.7 Å². The van der Waals surface area contributed by atoms with Crippen molar-refractivity contribution in [3.63, 3.8) is 0 Å². The molecule has 0 heterocycles. The van der Waals surface area contributed by atoms with E-state index in [9.17, 15) is 0 Å². The summed E-state index contributed by atoms with van der Waals surface area (Å²) in [6.07, 6.45) is 1.01. The van der Waals surface area contributed by atoms with Crippen molar-refractivity contribution >= 4 is 27.5 Å². The maximum absolute atomic E-state index is 6.00. The van der Waals surface area contributed by atoms with Crippen LogP contribution in [0.25, 0.3) is 0 Å². The van der Waals surface area contributed by atoms with Crippen LogP contribution in [0.2, 0.25) is 5.02 Å². The average molecular weight is 292 g/mol. The highest BCUT2D eigenvalue weighted by atomic mass is 79.9. The highest BCUT2D eigenvalue weighted by Gasteiger charge is 2.10. The van der Waals surface area contributed by atoms with E-state index in [0.717, 1.165) is 16.6 Å². The molecule has 0 radical (unpaired) electrons. The van der Waals surface area contributed by atoms with Gasteiger partial charge in [-0.25, -0.2) is 0 Å². The Morgan fingerprint density at radius 3 is 2.60 bits per heavy atom. The van der Waals surface area contributed by atoms with Crippen molar-refractivity contribution in [3.8, 4) is 5.75 Å². The Hall–Kier alpha value is -0.210. The summed E-state index contributed by atoms with van der Waals surface area (Å²) in [7, 11) is 0. The molecule has 3 heteroatoms. The van der Waals surface area contributed by atoms with E-state index in [1.165, 1.54) is 0 Å². The van der Waals surface area contributed by atoms with E-state index in [1.807, 2.05) is 18.2 Å². The number of halogens is 2. The Bertz CT molecular complexity index is 331. The molecule has 84 valence electrons. The van der Waals surface area contributed by atoms with Crippen molar-refractivity contribution < 1.29 is 4.74 Å². The maximum atomic E-state index is 6.00. The summed E-state index contributed by atoms with van der Waals surface area (Å²) >= 11 is 9.39. The predicted molar refractivity (Wildman–Crippen MR) is 68.7 cm³/mol. The molecule has 1 aromatic rings. The second-order valence-electron chi connectivity index (χ2n) is 4.73. The molecule has 1 nitrogen and oxygen atoms in total. The topological polar surface area (TPSA) is 9.23 Å². The fourth-order valence-corrected chi connectivity index (χ4v) is 1.57. The Morgan fingerprint density at radius 2 is 2.00 bits per heavy atom. The van der Waals surface area contributed by atoms with Gasteiger partial charge in [-0.15, -0.1) is 0 Å². The largest absolute Gasteiger partial charge is 0.492 e. The molecule has 1 rings (SSSR count). The van der Waals surface area contributed by atoms with E-state index < -0.39 is 0 Å². The predicted octanol–water partition coefficient (Wildman–Crippen LogP) is 4.92. The number of ether oxygens (including phenoxy) is 1. The van der Waals surface area contributed by atoms with Crippen LogP contribution in [0.4, 0.5) is 0 Å². The first-order valence-corrected chi connectivity index (χ1v) is 6.13. The maximum Gasteiger partial charge on any atom is 0.139 e. The average Bonchev–Trinajstić information content (AvgIpc) is 2.09. The molecule has 0 aliphatic heterocycles. The molecule has 0 atom stereocenters. The smallest absolute Gasteiger partial charge is 0.139 e. The summed E-state index contributed by atoms with van der Waals surface area (Å²) in [5, 5.41) is 0.659. The van der Waals surface area contributed by atoms with Gasteiger partial charge in [0, 0.05) is 4.47 Å². The molecule has 0 saturated heterocycles. The van der Waals surface area contributed by atoms with Crippen LogP contribution in [0.5, 0.6) is 5.75 Å². The third kappa shape index (κ3) is 4.89. The van der Waals surface area contributed by atoms with E-state index in [2.05, 4.69) is 36.7 Å². The van der Waals surface area contributed by atoms with Gasteiger partial charge in [0.05, 0.1) is 11.6 Å². The Kier molecular flexibility index (Phi) is 4.47. The van der Waals surface area contributed by atoms with Gasteiger partial charge in [-0.1, -0.05) is 48.3 Å². The fraction of sp³-hybridized carbons (Fsp3) is 0.500. The molecular formula is C12H16BrClO. The van der Waals surface area contributed by atoms with Crippen LogP contribution in [0.15, 0.2) is 22.7 Å². The molecular weight excluding hydrogens is 275 g/mol. The Balaban J connectivity index is 2.54. The molecule has 1 aromatic carbocycles. The molecule has 0 amide bonds. The zero-order chi connectivity index (χ0) is 11.5. The molecule has 15 heavy (non-hydrogen) atoms. The van der Waals surface area contributed by atoms with E-state index in [4.69, 9.17) is 16.3 Å². The second-order valence-corrected chi connectivity index (χ2v) is 6.06. The van der Waals surface area contributed by atoms with Crippen molar-refractivity contribution in [2.45, 2.75) is 27.2 Å². The zero-order valence-corrected chi connectivity index (χ0v) is 11.7. The van der Waals surface area contributed by atoms with Crippen molar-refractivity contribution in [2.24, 2.45) is 5.41 Å². The minimum Gasteiger partial charge on any atom is -0.492 e. The van der Waals surface area contributed by atoms with Crippen LogP contribution in [0, 0.1) is 5.41 Å². The van der Waals surface area contributed by atoms with Crippen LogP contribution >= 0.6 is 27.5 Å². The minimum absolute atomic E-state index is 0.290. The summed E-state index contributed by atoms with van der Waals surface area (Å²) < 4.78 is 6.62. The third-order valence-electron chi connectivity index (χ3n) is 2.00. The zero-order valence-electron chi connectivity index (χ0n) is 9.31. The Morgan fingerprint density at radius 1 is 1.33 bits per heavy atom. The molecule has 0 fully saturated rings. The van der Waals surface area contributed by atoms with Crippen molar-refractivity contribution in [1.82, 2.24) is 0 Å². The highest BCUT2D eigenvalue weighted by Crippen LogP contribution is 2.28. The van der Waals surface area contributed by atoms with Crippen LogP contribution in [0.3, 0.4) is 0 Å². The molecule has 0 bridgehead atoms. The molecule has 0 aliphatic rings. The van der Waals surface area contributed by atoms with E-state index >= 15 is 0 Å². The summed E-state index contributed by atoms with van der Waals surface area (Å²) in [6, 6.07) is 5.63. The number of rotatable bonds is 3. The van der Waals surface area contributed by atoms with Gasteiger partial charge in [-0.3, -0.25) is 0 Å². The lowest BCUT2D eigenvalue weighted by molar-refractivity contribution is 0.243. The SMILES string of the molecule is CC(C)(C)CCOc1cc(Br)ccc1Cl. The van der Waals surface area contributed by atoms with Gasteiger partial charge in [0.15, 0.2) is 0 Å². The van der Waals surface area contributed by atoms with Gasteiger partial charge in [0.25, 0.3) is 0 Å². The molecule has 0 aliphatic carbocycles. The summed E-state index contributed by atoms with van der Waals surface area (Å²) in [5.41, 5.74) is 0.290. The first-order chi connectivity index (χ1) is 6.88. The van der Waals surface area contributed by atoms with Crippen molar-refractivity contribution in [1.29, 1.82) is 0 Å². The lowest BCUT2D eigenvalue weighted by atomic mass is 9.93. The van der Waals surface area contributed by atoms with Crippen LogP contribution in [-0.4, -0.2) is 6.61 Å². The minimum atomic E-state index is 0.290. The van der Waals surface area contributed by atoms with Gasteiger partial charge >= 0.3 is 0 Å². The van der Waals surface area contributed by atoms with E-state index in [0.29, 0.717) is 17.0 Å². The fourth-order valence-electron chi connectivity index (χ4n) is 1.05. The van der Waals surface area contributed by atoms with E-state index in [1.54, 1.807) is 0 Å². The first-order valence-electron chi connectivity index (χ1n) is 4.96. The van der Waals surface area contributed by atoms with Gasteiger partial charge < -0.3 is 4.74 Å². The lowest BCUT2D eigenvalue weighted by Crippen LogP contribution is -2.11. The molecule has 0 unspecified atom stereocenters. The van der Waals surface area contributed by atoms with Gasteiger partial charge in [-0.05, 0) is 30.0 Å². The van der Waals surface area contributed by atoms with Crippen LogP contribution in [-0.2, 0) is 0 Å². The summed E-state index contributed by atoms with van der Waals surface area (Å²) in [6.45, 7) is 7.27. The second kappa shape index (κ2) is 5.22. The van der Waals surface area contributed by atoms with Gasteiger partial charge in [-0.2, -0.15) is 0 Å². The monoisotopic (exact) mass is 290 g/mol. The van der Waals surface area contributed by atoms with Crippen molar-refractivity contribution in [2.75, 3.05) is 6.61 Å². The lowest BCUT2D eigenvalue weighted by Gasteiger charge is -2.18. The van der Waals surface area contributed by atoms with Crippen LogP contribution < -0.4 is 4.74 Å². The number of hydrogen-bond donors (Lipinski definition) is 0. The van der Waals surface area contributed by atoms with Crippen LogP contribution in [0.1, 0.15) is 27.2 Å². The first kappa shape index (κ1) is 12.9. The molecule has 0 spiro atoms. The van der Waals surface area contributed by atoms with Gasteiger partial charge in [0.1, 0.15) is 5.75 Å². The summed E-state index contributed by atoms with van der Waals surface area (Å²) in [4.78, 5) is 0. The standard InChI is InChI=1S/C12H16BrClO/c1-12(2,3)6-7-15-11-8-9(13)4-5-10(11)14/h4-5,8H,6-7H2,1-3H3. The highest BCUT2D eigenvalue weighted by molar-refractivity contribution is 9.10. The Labute approximate surface area is 105 Å². The number of benzene rings is 1.